The van der Waals surface area contributed by atoms with Crippen LogP contribution in [0.2, 0.25) is 5.02 Å². The van der Waals surface area contributed by atoms with Gasteiger partial charge in [-0.3, -0.25) is 19.3 Å². The lowest BCUT2D eigenvalue weighted by atomic mass is 10.1. The van der Waals surface area contributed by atoms with Gasteiger partial charge in [-0.1, -0.05) is 29.8 Å². The highest BCUT2D eigenvalue weighted by Crippen LogP contribution is 2.36. The fourth-order valence-corrected chi connectivity index (χ4v) is 3.93. The molecule has 1 aliphatic heterocycles. The molecule has 0 N–H and O–H groups in total. The Balaban J connectivity index is 1.72. The number of imide groups is 1. The fourth-order valence-electron chi connectivity index (χ4n) is 3.70. The Bertz CT molecular complexity index is 1280. The Morgan fingerprint density at radius 2 is 1.69 bits per heavy atom. The minimum absolute atomic E-state index is 0.321. The van der Waals surface area contributed by atoms with Crippen molar-refractivity contribution < 1.29 is 9.59 Å². The molecule has 5 rings (SSSR count). The summed E-state index contributed by atoms with van der Waals surface area (Å²) in [6, 6.07) is 16.1. The third-order valence-corrected chi connectivity index (χ3v) is 5.37. The van der Waals surface area contributed by atoms with Gasteiger partial charge in [-0.15, -0.1) is 0 Å². The molecule has 0 atom stereocenters. The first-order chi connectivity index (χ1) is 14.1. The van der Waals surface area contributed by atoms with Crippen molar-refractivity contribution in [3.05, 3.63) is 76.9 Å². The van der Waals surface area contributed by atoms with E-state index >= 15 is 0 Å². The van der Waals surface area contributed by atoms with Crippen LogP contribution in [-0.2, 0) is 6.54 Å². The second-order valence-electron chi connectivity index (χ2n) is 6.70. The lowest BCUT2D eigenvalue weighted by molar-refractivity contribution is 0.0925. The van der Waals surface area contributed by atoms with Crippen LogP contribution in [0.1, 0.15) is 27.6 Å². The smallest absolute Gasteiger partial charge is 0.267 e. The standard InChI is InChI=1S/C22H15ClN4O2/c1-2-26-18-10-9-13(19-17(23)8-5-11-24-19)12-16(18)20(25-26)27-21(28)14-6-3-4-7-15(14)22(27)29/h3-12H,2H2,1H3. The van der Waals surface area contributed by atoms with Gasteiger partial charge in [0.25, 0.3) is 11.8 Å². The van der Waals surface area contributed by atoms with Crippen molar-refractivity contribution in [2.75, 3.05) is 4.90 Å². The summed E-state index contributed by atoms with van der Waals surface area (Å²) >= 11 is 6.31. The molecule has 0 bridgehead atoms. The summed E-state index contributed by atoms with van der Waals surface area (Å²) in [5, 5.41) is 5.80. The van der Waals surface area contributed by atoms with Gasteiger partial charge in [0, 0.05) is 23.7 Å². The molecule has 142 valence electrons. The SMILES string of the molecule is CCn1nc(N2C(=O)c3ccccc3C2=O)c2cc(-c3ncccc3Cl)ccc21. The normalized spacial score (nSPS) is 13.4. The molecule has 0 radical (unpaired) electrons. The third kappa shape index (κ3) is 2.57. The predicted molar refractivity (Wildman–Crippen MR) is 111 cm³/mol. The van der Waals surface area contributed by atoms with Crippen molar-refractivity contribution in [3.63, 3.8) is 0 Å². The maximum atomic E-state index is 13.0. The van der Waals surface area contributed by atoms with Crippen LogP contribution in [0.15, 0.2) is 60.8 Å². The van der Waals surface area contributed by atoms with Gasteiger partial charge in [-0.2, -0.15) is 5.10 Å². The molecule has 2 aromatic heterocycles. The average molecular weight is 403 g/mol. The molecule has 0 aliphatic carbocycles. The van der Waals surface area contributed by atoms with Crippen LogP contribution >= 0.6 is 11.6 Å². The number of aryl methyl sites for hydroxylation is 1. The van der Waals surface area contributed by atoms with E-state index in [-0.39, 0.29) is 11.8 Å². The maximum absolute atomic E-state index is 13.0. The molecule has 2 amide bonds. The minimum Gasteiger partial charge on any atom is -0.268 e. The van der Waals surface area contributed by atoms with Gasteiger partial charge in [0.2, 0.25) is 0 Å². The zero-order chi connectivity index (χ0) is 20.1. The summed E-state index contributed by atoms with van der Waals surface area (Å²) in [4.78, 5) is 31.5. The molecule has 0 spiro atoms. The maximum Gasteiger partial charge on any atom is 0.267 e. The number of hydrogen-bond acceptors (Lipinski definition) is 4. The summed E-state index contributed by atoms with van der Waals surface area (Å²) in [5.41, 5.74) is 3.03. The van der Waals surface area contributed by atoms with Crippen molar-refractivity contribution in [1.29, 1.82) is 0 Å². The molecular weight excluding hydrogens is 388 g/mol. The van der Waals surface area contributed by atoms with Gasteiger partial charge in [-0.05, 0) is 43.3 Å². The van der Waals surface area contributed by atoms with Crippen molar-refractivity contribution >= 4 is 40.1 Å². The number of anilines is 1. The lowest BCUT2D eigenvalue weighted by Gasteiger charge is -2.11. The van der Waals surface area contributed by atoms with Gasteiger partial charge < -0.3 is 0 Å². The molecule has 0 saturated heterocycles. The first-order valence-corrected chi connectivity index (χ1v) is 9.57. The molecule has 29 heavy (non-hydrogen) atoms. The Morgan fingerprint density at radius 1 is 0.966 bits per heavy atom. The minimum atomic E-state index is -0.366. The molecule has 6 nitrogen and oxygen atoms in total. The van der Waals surface area contributed by atoms with Crippen molar-refractivity contribution in [3.8, 4) is 11.3 Å². The number of aromatic nitrogens is 3. The topological polar surface area (TPSA) is 68.1 Å². The Labute approximate surface area is 171 Å². The van der Waals surface area contributed by atoms with Gasteiger partial charge in [-0.25, -0.2) is 4.90 Å². The van der Waals surface area contributed by atoms with Crippen LogP contribution < -0.4 is 4.90 Å². The van der Waals surface area contributed by atoms with Crippen molar-refractivity contribution in [2.24, 2.45) is 0 Å². The number of carbonyl (C=O) groups is 2. The van der Waals surface area contributed by atoms with Crippen LogP contribution in [0.5, 0.6) is 0 Å². The zero-order valence-corrected chi connectivity index (χ0v) is 16.2. The number of rotatable bonds is 3. The van der Waals surface area contributed by atoms with Gasteiger partial charge in [0.15, 0.2) is 5.82 Å². The zero-order valence-electron chi connectivity index (χ0n) is 15.5. The van der Waals surface area contributed by atoms with Crippen LogP contribution in [0.4, 0.5) is 5.82 Å². The highest BCUT2D eigenvalue weighted by Gasteiger charge is 2.38. The van der Waals surface area contributed by atoms with Gasteiger partial charge >= 0.3 is 0 Å². The molecular formula is C22H15ClN4O2. The van der Waals surface area contributed by atoms with Crippen molar-refractivity contribution in [1.82, 2.24) is 14.8 Å². The van der Waals surface area contributed by atoms with E-state index in [0.717, 1.165) is 16.0 Å². The van der Waals surface area contributed by atoms with Crippen LogP contribution in [0.25, 0.3) is 22.2 Å². The van der Waals surface area contributed by atoms with Gasteiger partial charge in [0.1, 0.15) is 0 Å². The van der Waals surface area contributed by atoms with E-state index in [1.807, 2.05) is 25.1 Å². The number of pyridine rings is 1. The van der Waals surface area contributed by atoms with E-state index in [1.54, 1.807) is 47.3 Å². The second-order valence-corrected chi connectivity index (χ2v) is 7.10. The van der Waals surface area contributed by atoms with E-state index in [2.05, 4.69) is 10.1 Å². The van der Waals surface area contributed by atoms with E-state index in [0.29, 0.717) is 39.6 Å². The van der Waals surface area contributed by atoms with E-state index in [1.165, 1.54) is 0 Å². The van der Waals surface area contributed by atoms with E-state index < -0.39 is 0 Å². The molecule has 0 unspecified atom stereocenters. The Kier molecular flexibility index (Phi) is 3.96. The third-order valence-electron chi connectivity index (χ3n) is 5.07. The number of benzene rings is 2. The van der Waals surface area contributed by atoms with Crippen LogP contribution in [-0.4, -0.2) is 26.6 Å². The molecule has 7 heteroatoms. The van der Waals surface area contributed by atoms with E-state index in [4.69, 9.17) is 11.6 Å². The molecule has 3 heterocycles. The van der Waals surface area contributed by atoms with Crippen LogP contribution in [0.3, 0.4) is 0 Å². The highest BCUT2D eigenvalue weighted by molar-refractivity contribution is 6.35. The molecule has 1 aliphatic rings. The van der Waals surface area contributed by atoms with Crippen molar-refractivity contribution in [2.45, 2.75) is 13.5 Å². The molecule has 2 aromatic carbocycles. The Hall–Kier alpha value is -3.51. The predicted octanol–water partition coefficient (Wildman–Crippen LogP) is 4.57. The molecule has 0 fully saturated rings. The average Bonchev–Trinajstić information content (AvgIpc) is 3.23. The summed E-state index contributed by atoms with van der Waals surface area (Å²) in [6.07, 6.45) is 1.67. The van der Waals surface area contributed by atoms with E-state index in [9.17, 15) is 9.59 Å². The fraction of sp³-hybridized carbons (Fsp3) is 0.0909. The first kappa shape index (κ1) is 17.6. The summed E-state index contributed by atoms with van der Waals surface area (Å²) in [5.74, 6) is -0.411. The summed E-state index contributed by atoms with van der Waals surface area (Å²) in [7, 11) is 0. The Morgan fingerprint density at radius 3 is 2.34 bits per heavy atom. The van der Waals surface area contributed by atoms with Gasteiger partial charge in [0.05, 0.1) is 27.4 Å². The van der Waals surface area contributed by atoms with Crippen LogP contribution in [0, 0.1) is 0 Å². The number of amides is 2. The number of fused-ring (bicyclic) bond motifs is 2. The summed E-state index contributed by atoms with van der Waals surface area (Å²) in [6.45, 7) is 2.56. The molecule has 0 saturated carbocycles. The second kappa shape index (κ2) is 6.53. The number of halogens is 1. The summed E-state index contributed by atoms with van der Waals surface area (Å²) < 4.78 is 1.78. The number of hydrogen-bond donors (Lipinski definition) is 0. The largest absolute Gasteiger partial charge is 0.268 e. The first-order valence-electron chi connectivity index (χ1n) is 9.19. The monoisotopic (exact) mass is 402 g/mol. The number of nitrogens with zero attached hydrogens (tertiary/aromatic N) is 4. The highest BCUT2D eigenvalue weighted by atomic mass is 35.5. The lowest BCUT2D eigenvalue weighted by Crippen LogP contribution is -2.30. The molecule has 4 aromatic rings. The quantitative estimate of drug-likeness (QED) is 0.471. The number of carbonyl (C=O) groups excluding carboxylic acids is 2.